The third-order valence-electron chi connectivity index (χ3n) is 3.52. The summed E-state index contributed by atoms with van der Waals surface area (Å²) in [5.74, 6) is 1.05. The Morgan fingerprint density at radius 2 is 2.00 bits per heavy atom. The number of ether oxygens (including phenoxy) is 1. The van der Waals surface area contributed by atoms with Crippen molar-refractivity contribution in [1.82, 2.24) is 0 Å². The van der Waals surface area contributed by atoms with Crippen LogP contribution in [0.15, 0.2) is 46.9 Å². The van der Waals surface area contributed by atoms with Crippen LogP contribution in [0.2, 0.25) is 5.02 Å². The third kappa shape index (κ3) is 2.50. The lowest BCUT2D eigenvalue weighted by Gasteiger charge is -2.13. The van der Waals surface area contributed by atoms with Gasteiger partial charge in [-0.3, -0.25) is 0 Å². The van der Waals surface area contributed by atoms with Gasteiger partial charge in [0.25, 0.3) is 0 Å². The van der Waals surface area contributed by atoms with Crippen LogP contribution in [-0.4, -0.2) is 12.2 Å². The Morgan fingerprint density at radius 1 is 1.19 bits per heavy atom. The van der Waals surface area contributed by atoms with Crippen LogP contribution in [0.1, 0.15) is 23.0 Å². The van der Waals surface area contributed by atoms with Crippen molar-refractivity contribution in [2.75, 3.05) is 7.11 Å². The Labute approximate surface area is 127 Å². The molecular weight excluding hydrogens is 288 g/mol. The first kappa shape index (κ1) is 14.0. The molecule has 0 aliphatic heterocycles. The van der Waals surface area contributed by atoms with Gasteiger partial charge in [0, 0.05) is 16.0 Å². The minimum atomic E-state index is -0.926. The molecule has 0 fully saturated rings. The van der Waals surface area contributed by atoms with Crippen LogP contribution in [-0.2, 0) is 0 Å². The Bertz CT molecular complexity index is 792. The molecule has 3 nitrogen and oxygen atoms in total. The molecule has 4 heteroatoms. The van der Waals surface area contributed by atoms with Crippen LogP contribution in [0.25, 0.3) is 11.0 Å². The van der Waals surface area contributed by atoms with E-state index >= 15 is 0 Å². The summed E-state index contributed by atoms with van der Waals surface area (Å²) in [6.07, 6.45) is -0.926. The Morgan fingerprint density at radius 3 is 2.71 bits per heavy atom. The van der Waals surface area contributed by atoms with Crippen LogP contribution in [0.5, 0.6) is 5.75 Å². The number of hydrogen-bond donors (Lipinski definition) is 1. The van der Waals surface area contributed by atoms with Crippen molar-refractivity contribution < 1.29 is 14.3 Å². The van der Waals surface area contributed by atoms with E-state index in [-0.39, 0.29) is 0 Å². The van der Waals surface area contributed by atoms with Gasteiger partial charge in [0.2, 0.25) is 0 Å². The van der Waals surface area contributed by atoms with E-state index in [2.05, 4.69) is 0 Å². The van der Waals surface area contributed by atoms with Gasteiger partial charge >= 0.3 is 0 Å². The maximum Gasteiger partial charge on any atom is 0.140 e. The minimum absolute atomic E-state index is 0.472. The van der Waals surface area contributed by atoms with Gasteiger partial charge in [0.15, 0.2) is 0 Å². The van der Waals surface area contributed by atoms with Crippen LogP contribution in [0.4, 0.5) is 0 Å². The molecule has 21 heavy (non-hydrogen) atoms. The molecule has 0 radical (unpaired) electrons. The largest absolute Gasteiger partial charge is 0.496 e. The summed E-state index contributed by atoms with van der Waals surface area (Å²) in [4.78, 5) is 0. The molecule has 0 saturated carbocycles. The zero-order chi connectivity index (χ0) is 15.0. The van der Waals surface area contributed by atoms with Gasteiger partial charge in [-0.05, 0) is 36.8 Å². The number of rotatable bonds is 3. The van der Waals surface area contributed by atoms with Crippen molar-refractivity contribution >= 4 is 22.6 Å². The second-order valence-electron chi connectivity index (χ2n) is 4.93. The van der Waals surface area contributed by atoms with Crippen LogP contribution >= 0.6 is 11.6 Å². The minimum Gasteiger partial charge on any atom is -0.496 e. The molecule has 0 spiro atoms. The number of halogens is 1. The van der Waals surface area contributed by atoms with E-state index in [1.165, 1.54) is 0 Å². The van der Waals surface area contributed by atoms with Gasteiger partial charge in [0.1, 0.15) is 23.2 Å². The quantitative estimate of drug-likeness (QED) is 0.775. The van der Waals surface area contributed by atoms with E-state index in [4.69, 9.17) is 20.8 Å². The molecule has 3 rings (SSSR count). The topological polar surface area (TPSA) is 42.6 Å². The molecule has 1 unspecified atom stereocenters. The molecule has 0 aliphatic rings. The first-order chi connectivity index (χ1) is 10.1. The molecule has 1 N–H and O–H groups in total. The normalized spacial score (nSPS) is 12.6. The molecule has 108 valence electrons. The number of methoxy groups -OCH3 is 1. The fourth-order valence-electron chi connectivity index (χ4n) is 2.44. The molecule has 0 saturated heterocycles. The number of aliphatic hydroxyl groups excluding tert-OH is 1. The molecular formula is C17H15ClO3. The molecule has 1 heterocycles. The van der Waals surface area contributed by atoms with Crippen LogP contribution in [0, 0.1) is 6.92 Å². The van der Waals surface area contributed by atoms with E-state index in [1.807, 2.05) is 31.2 Å². The third-order valence-corrected chi connectivity index (χ3v) is 3.75. The number of aliphatic hydroxyl groups is 1. The number of furan rings is 1. The highest BCUT2D eigenvalue weighted by Gasteiger charge is 2.20. The SMILES string of the molecule is COc1ccc(Cl)cc1C(O)c1cc2cccc(C)c2o1. The first-order valence-corrected chi connectivity index (χ1v) is 6.98. The summed E-state index contributed by atoms with van der Waals surface area (Å²) in [5.41, 5.74) is 2.40. The average molecular weight is 303 g/mol. The summed E-state index contributed by atoms with van der Waals surface area (Å²) < 4.78 is 11.1. The zero-order valence-corrected chi connectivity index (χ0v) is 12.5. The van der Waals surface area contributed by atoms with Gasteiger partial charge in [-0.25, -0.2) is 0 Å². The van der Waals surface area contributed by atoms with Crippen molar-refractivity contribution in [1.29, 1.82) is 0 Å². The molecule has 0 amide bonds. The van der Waals surface area contributed by atoms with Gasteiger partial charge in [-0.2, -0.15) is 0 Å². The monoisotopic (exact) mass is 302 g/mol. The van der Waals surface area contributed by atoms with E-state index < -0.39 is 6.10 Å². The molecule has 0 aliphatic carbocycles. The summed E-state index contributed by atoms with van der Waals surface area (Å²) in [6, 6.07) is 12.9. The second kappa shape index (κ2) is 5.43. The van der Waals surface area contributed by atoms with Crippen molar-refractivity contribution in [3.63, 3.8) is 0 Å². The molecule has 1 atom stereocenters. The van der Waals surface area contributed by atoms with Crippen LogP contribution < -0.4 is 4.74 Å². The molecule has 0 bridgehead atoms. The predicted molar refractivity (Wildman–Crippen MR) is 83.0 cm³/mol. The van der Waals surface area contributed by atoms with Gasteiger partial charge in [-0.15, -0.1) is 0 Å². The summed E-state index contributed by atoms with van der Waals surface area (Å²) in [5, 5.41) is 12.1. The Balaban J connectivity index is 2.10. The van der Waals surface area contributed by atoms with Crippen LogP contribution in [0.3, 0.4) is 0 Å². The van der Waals surface area contributed by atoms with Crippen molar-refractivity contribution in [3.05, 3.63) is 64.4 Å². The number of para-hydroxylation sites is 1. The van der Waals surface area contributed by atoms with Crippen molar-refractivity contribution in [2.24, 2.45) is 0 Å². The van der Waals surface area contributed by atoms with Crippen molar-refractivity contribution in [3.8, 4) is 5.75 Å². The summed E-state index contributed by atoms with van der Waals surface area (Å²) >= 11 is 6.01. The smallest absolute Gasteiger partial charge is 0.140 e. The van der Waals surface area contributed by atoms with E-state index in [9.17, 15) is 5.11 Å². The average Bonchev–Trinajstić information content (AvgIpc) is 2.92. The number of fused-ring (bicyclic) bond motifs is 1. The highest BCUT2D eigenvalue weighted by Crippen LogP contribution is 2.35. The number of aryl methyl sites for hydroxylation is 1. The number of benzene rings is 2. The zero-order valence-electron chi connectivity index (χ0n) is 11.8. The Hall–Kier alpha value is -1.97. The molecule has 1 aromatic heterocycles. The second-order valence-corrected chi connectivity index (χ2v) is 5.37. The maximum absolute atomic E-state index is 10.6. The Kier molecular flexibility index (Phi) is 3.62. The van der Waals surface area contributed by atoms with Crippen molar-refractivity contribution in [2.45, 2.75) is 13.0 Å². The van der Waals surface area contributed by atoms with Gasteiger partial charge < -0.3 is 14.3 Å². The molecule has 3 aromatic rings. The van der Waals surface area contributed by atoms with E-state index in [0.29, 0.717) is 22.1 Å². The highest BCUT2D eigenvalue weighted by molar-refractivity contribution is 6.30. The fraction of sp³-hybridized carbons (Fsp3) is 0.176. The summed E-state index contributed by atoms with van der Waals surface area (Å²) in [6.45, 7) is 1.97. The van der Waals surface area contributed by atoms with Gasteiger partial charge in [-0.1, -0.05) is 29.8 Å². The standard InChI is InChI=1S/C17H15ClO3/c1-10-4-3-5-11-8-15(21-17(10)11)16(19)13-9-12(18)6-7-14(13)20-2/h3-9,16,19H,1-2H3. The first-order valence-electron chi connectivity index (χ1n) is 6.60. The predicted octanol–water partition coefficient (Wildman–Crippen LogP) is 4.48. The molecule has 2 aromatic carbocycles. The van der Waals surface area contributed by atoms with E-state index in [0.717, 1.165) is 16.5 Å². The van der Waals surface area contributed by atoms with E-state index in [1.54, 1.807) is 25.3 Å². The maximum atomic E-state index is 10.6. The lowest BCUT2D eigenvalue weighted by Crippen LogP contribution is -2.01. The van der Waals surface area contributed by atoms with Gasteiger partial charge in [0.05, 0.1) is 7.11 Å². The highest BCUT2D eigenvalue weighted by atomic mass is 35.5. The lowest BCUT2D eigenvalue weighted by atomic mass is 10.1. The lowest BCUT2D eigenvalue weighted by molar-refractivity contribution is 0.187. The fourth-order valence-corrected chi connectivity index (χ4v) is 2.62. The summed E-state index contributed by atoms with van der Waals surface area (Å²) in [7, 11) is 1.56. The number of hydrogen-bond acceptors (Lipinski definition) is 3.